The van der Waals surface area contributed by atoms with E-state index in [2.05, 4.69) is 30.7 Å². The predicted molar refractivity (Wildman–Crippen MR) is 176 cm³/mol. The first-order valence-corrected chi connectivity index (χ1v) is 14.4. The number of benzene rings is 4. The van der Waals surface area contributed by atoms with Gasteiger partial charge < -0.3 is 20.4 Å². The number of aryl methyl sites for hydroxylation is 2. The second kappa shape index (κ2) is 15.4. The number of azo groups is 2. The number of aromatic nitrogens is 4. The summed E-state index contributed by atoms with van der Waals surface area (Å²) in [6.45, 7) is 3.43. The molecule has 0 atom stereocenters. The van der Waals surface area contributed by atoms with Crippen molar-refractivity contribution in [1.82, 2.24) is 19.6 Å². The number of hydrogen-bond acceptors (Lipinski definition) is 10. The summed E-state index contributed by atoms with van der Waals surface area (Å²) in [5, 5.41) is 65.4. The minimum Gasteiger partial charge on any atom is -0.506 e. The van der Waals surface area contributed by atoms with E-state index < -0.39 is 0 Å². The second-order valence-corrected chi connectivity index (χ2v) is 10.5. The van der Waals surface area contributed by atoms with Gasteiger partial charge in [0, 0.05) is 27.1 Å². The van der Waals surface area contributed by atoms with Crippen molar-refractivity contribution in [3.8, 4) is 34.6 Å². The Morgan fingerprint density at radius 3 is 1.28 bits per heavy atom. The summed E-state index contributed by atoms with van der Waals surface area (Å²) in [4.78, 5) is 0. The van der Waals surface area contributed by atoms with E-state index >= 15 is 0 Å². The molecule has 0 aliphatic rings. The zero-order valence-electron chi connectivity index (χ0n) is 25.7. The van der Waals surface area contributed by atoms with Crippen LogP contribution in [0, 0.1) is 13.8 Å². The zero-order chi connectivity index (χ0) is 32.8. The molecule has 0 amide bonds. The van der Waals surface area contributed by atoms with E-state index in [0.717, 1.165) is 0 Å². The summed E-state index contributed by atoms with van der Waals surface area (Å²) < 4.78 is 2.75. The van der Waals surface area contributed by atoms with Gasteiger partial charge in [0.15, 0.2) is 11.4 Å². The number of phenolic OH excluding ortho intramolecular Hbond substituents is 2. The molecule has 0 unspecified atom stereocenters. The van der Waals surface area contributed by atoms with Gasteiger partial charge in [0.2, 0.25) is 11.8 Å². The molecule has 6 rings (SSSR count). The van der Waals surface area contributed by atoms with Gasteiger partial charge in [-0.15, -0.1) is 20.5 Å². The van der Waals surface area contributed by atoms with Crippen LogP contribution in [0.4, 0.5) is 22.7 Å². The van der Waals surface area contributed by atoms with Crippen LogP contribution in [0.5, 0.6) is 23.3 Å². The van der Waals surface area contributed by atoms with Gasteiger partial charge in [-0.2, -0.15) is 19.6 Å². The van der Waals surface area contributed by atoms with E-state index in [1.807, 2.05) is 60.7 Å². The third-order valence-corrected chi connectivity index (χ3v) is 6.87. The molecule has 47 heavy (non-hydrogen) atoms. The minimum atomic E-state index is -0.126. The van der Waals surface area contributed by atoms with Crippen molar-refractivity contribution in [2.24, 2.45) is 20.5 Å². The van der Waals surface area contributed by atoms with Crippen molar-refractivity contribution < 1.29 is 38.9 Å². The van der Waals surface area contributed by atoms with Gasteiger partial charge in [-0.05, 0) is 74.5 Å². The molecular formula is C32H27Cl2FeN8O4+. The number of para-hydroxylation sites is 2. The van der Waals surface area contributed by atoms with Crippen LogP contribution in [-0.2, 0) is 17.1 Å². The Labute approximate surface area is 290 Å². The molecule has 15 heteroatoms. The summed E-state index contributed by atoms with van der Waals surface area (Å²) >= 11 is 11.7. The fourth-order valence-corrected chi connectivity index (χ4v) is 4.44. The Kier molecular flexibility index (Phi) is 11.4. The van der Waals surface area contributed by atoms with Gasteiger partial charge in [0.05, 0.1) is 22.8 Å². The van der Waals surface area contributed by atoms with Gasteiger partial charge in [0.25, 0.3) is 0 Å². The Bertz CT molecular complexity index is 1910. The zero-order valence-corrected chi connectivity index (χ0v) is 27.3. The largest absolute Gasteiger partial charge is 1.00 e. The summed E-state index contributed by atoms with van der Waals surface area (Å²) in [5.74, 6) is -0.352. The Balaban J connectivity index is 0.000000250. The smallest absolute Gasteiger partial charge is 0.506 e. The molecule has 12 nitrogen and oxygen atoms in total. The van der Waals surface area contributed by atoms with Gasteiger partial charge in [0.1, 0.15) is 22.9 Å². The Hall–Kier alpha value is -5.20. The molecule has 0 bridgehead atoms. The van der Waals surface area contributed by atoms with E-state index in [1.165, 1.54) is 33.6 Å². The van der Waals surface area contributed by atoms with E-state index in [-0.39, 0.29) is 64.5 Å². The average molecular weight is 714 g/mol. The van der Waals surface area contributed by atoms with Crippen molar-refractivity contribution in [2.45, 2.75) is 13.8 Å². The number of rotatable bonds is 6. The van der Waals surface area contributed by atoms with Gasteiger partial charge >= 0.3 is 1.43 Å². The van der Waals surface area contributed by atoms with Gasteiger partial charge in [-0.1, -0.05) is 59.6 Å². The van der Waals surface area contributed by atoms with Crippen LogP contribution in [-0.4, -0.2) is 40.0 Å². The molecule has 4 N–H and O–H groups in total. The number of nitrogens with zero attached hydrogens (tertiary/aromatic N) is 8. The van der Waals surface area contributed by atoms with Crippen molar-refractivity contribution in [3.05, 3.63) is 118 Å². The third-order valence-electron chi connectivity index (χ3n) is 6.40. The van der Waals surface area contributed by atoms with Gasteiger partial charge in [-0.3, -0.25) is 0 Å². The maximum atomic E-state index is 10.3. The quantitative estimate of drug-likeness (QED) is 0.0991. The molecule has 4 aromatic carbocycles. The monoisotopic (exact) mass is 713 g/mol. The topological polar surface area (TPSA) is 166 Å². The first-order valence-electron chi connectivity index (χ1n) is 13.6. The Morgan fingerprint density at radius 2 is 0.915 bits per heavy atom. The number of aromatic hydroxyl groups is 4. The van der Waals surface area contributed by atoms with Crippen LogP contribution < -0.4 is 0 Å². The van der Waals surface area contributed by atoms with Crippen LogP contribution in [0.3, 0.4) is 0 Å². The molecule has 6 aromatic rings. The van der Waals surface area contributed by atoms with Gasteiger partial charge in [-0.25, -0.2) is 0 Å². The van der Waals surface area contributed by atoms with Crippen LogP contribution in [0.1, 0.15) is 12.8 Å². The molecule has 0 aliphatic heterocycles. The fourth-order valence-electron chi connectivity index (χ4n) is 4.11. The SMILES string of the molecule is Cc1nn(-c2ccccc2)c(O)c1N=Nc1cc(Cl)ccc1O.Cc1nn(-c2ccccc2)c(O)c1N=Nc1cc(Cl)ccc1O.[Fe].[H+]. The van der Waals surface area contributed by atoms with Crippen molar-refractivity contribution in [3.63, 3.8) is 0 Å². The number of phenols is 2. The van der Waals surface area contributed by atoms with E-state index in [1.54, 1.807) is 26.0 Å². The molecule has 0 fully saturated rings. The minimum absolute atomic E-state index is 0. The molecule has 0 saturated carbocycles. The first kappa shape index (κ1) is 34.7. The molecular weight excluding hydrogens is 687 g/mol. The second-order valence-electron chi connectivity index (χ2n) is 9.68. The van der Waals surface area contributed by atoms with Crippen LogP contribution >= 0.6 is 23.2 Å². The molecule has 0 radical (unpaired) electrons. The molecule has 240 valence electrons. The first-order chi connectivity index (χ1) is 22.1. The number of hydrogen-bond donors (Lipinski definition) is 4. The van der Waals surface area contributed by atoms with Crippen LogP contribution in [0.25, 0.3) is 11.4 Å². The fraction of sp³-hybridized carbons (Fsp3) is 0.0625. The van der Waals surface area contributed by atoms with E-state index in [4.69, 9.17) is 23.2 Å². The van der Waals surface area contributed by atoms with Crippen molar-refractivity contribution in [2.75, 3.05) is 0 Å². The van der Waals surface area contributed by atoms with Crippen LogP contribution in [0.15, 0.2) is 118 Å². The molecule has 0 spiro atoms. The van der Waals surface area contributed by atoms with E-state index in [0.29, 0.717) is 32.8 Å². The normalized spacial score (nSPS) is 11.0. The summed E-state index contributed by atoms with van der Waals surface area (Å²) in [6.07, 6.45) is 0. The maximum absolute atomic E-state index is 10.3. The maximum Gasteiger partial charge on any atom is 1.00 e. The number of halogens is 2. The molecule has 0 saturated heterocycles. The van der Waals surface area contributed by atoms with E-state index in [9.17, 15) is 20.4 Å². The standard InChI is InChI=1S/2C16H13ClN4O2.Fe/c2*1-10-15(19-18-13-9-11(17)7-8-14(13)22)16(23)21(20-10)12-5-3-2-4-6-12;/h2*2-9,22-23H,1H3;/p+1. The third kappa shape index (κ3) is 8.15. The molecule has 2 heterocycles. The predicted octanol–water partition coefficient (Wildman–Crippen LogP) is 9.43. The van der Waals surface area contributed by atoms with Crippen molar-refractivity contribution in [1.29, 1.82) is 0 Å². The Morgan fingerprint density at radius 1 is 0.553 bits per heavy atom. The van der Waals surface area contributed by atoms with Crippen molar-refractivity contribution >= 4 is 46.0 Å². The molecule has 2 aromatic heterocycles. The summed E-state index contributed by atoms with van der Waals surface area (Å²) in [5.41, 5.74) is 3.32. The van der Waals surface area contributed by atoms with Crippen LogP contribution in [0.2, 0.25) is 10.0 Å². The average Bonchev–Trinajstić information content (AvgIpc) is 3.51. The summed E-state index contributed by atoms with van der Waals surface area (Å²) in [7, 11) is 0. The summed E-state index contributed by atoms with van der Waals surface area (Å²) in [6, 6.07) is 27.3. The molecule has 0 aliphatic carbocycles.